The summed E-state index contributed by atoms with van der Waals surface area (Å²) in [6, 6.07) is 15.7. The summed E-state index contributed by atoms with van der Waals surface area (Å²) in [6.45, 7) is 1.74. The van der Waals surface area contributed by atoms with Crippen molar-refractivity contribution in [2.24, 2.45) is 0 Å². The highest BCUT2D eigenvalue weighted by molar-refractivity contribution is 7.80. The molecule has 9 heteroatoms. The van der Waals surface area contributed by atoms with Gasteiger partial charge in [0.05, 0.1) is 19.8 Å². The molecule has 8 nitrogen and oxygen atoms in total. The van der Waals surface area contributed by atoms with Gasteiger partial charge in [0, 0.05) is 5.69 Å². The predicted octanol–water partition coefficient (Wildman–Crippen LogP) is 4.65. The summed E-state index contributed by atoms with van der Waals surface area (Å²) in [6.07, 6.45) is 0. The Morgan fingerprint density at radius 1 is 1.06 bits per heavy atom. The summed E-state index contributed by atoms with van der Waals surface area (Å²) in [7, 11) is 2.93. The minimum atomic E-state index is -0.489. The second kappa shape index (κ2) is 9.17. The number of nitrogens with zero attached hydrogens (tertiary/aromatic N) is 1. The number of hydrogen-bond donors (Lipinski definition) is 3. The minimum Gasteiger partial charge on any atom is -0.507 e. The molecular formula is C24H21N3O5S. The number of aryl methyl sites for hydroxylation is 1. The monoisotopic (exact) mass is 463 g/mol. The maximum Gasteiger partial charge on any atom is 0.264 e. The van der Waals surface area contributed by atoms with Crippen LogP contribution in [0.2, 0.25) is 0 Å². The number of rotatable bonds is 5. The maximum absolute atomic E-state index is 12.9. The molecule has 4 aromatic rings. The number of ether oxygens (including phenoxy) is 2. The van der Waals surface area contributed by atoms with E-state index in [4.69, 9.17) is 26.1 Å². The van der Waals surface area contributed by atoms with Crippen LogP contribution in [0.1, 0.15) is 15.9 Å². The van der Waals surface area contributed by atoms with Crippen molar-refractivity contribution in [1.29, 1.82) is 0 Å². The van der Waals surface area contributed by atoms with Crippen molar-refractivity contribution in [3.8, 4) is 28.7 Å². The summed E-state index contributed by atoms with van der Waals surface area (Å²) < 4.78 is 16.3. The Hall–Kier alpha value is -4.11. The zero-order valence-electron chi connectivity index (χ0n) is 18.1. The van der Waals surface area contributed by atoms with Gasteiger partial charge in [-0.3, -0.25) is 10.1 Å². The number of hydrogen-bond acceptors (Lipinski definition) is 7. The third kappa shape index (κ3) is 4.44. The quantitative estimate of drug-likeness (QED) is 0.290. The van der Waals surface area contributed by atoms with Gasteiger partial charge in [-0.1, -0.05) is 18.2 Å². The third-order valence-electron chi connectivity index (χ3n) is 4.96. The number of aromatic hydroxyl groups is 1. The van der Waals surface area contributed by atoms with E-state index in [0.29, 0.717) is 39.4 Å². The second-order valence-electron chi connectivity index (χ2n) is 7.12. The molecule has 0 bridgehead atoms. The molecule has 0 spiro atoms. The number of anilines is 1. The number of phenolic OH excluding ortho intramolecular Hbond substituents is 1. The van der Waals surface area contributed by atoms with Crippen LogP contribution in [0.4, 0.5) is 5.69 Å². The molecule has 4 rings (SSSR count). The SMILES string of the molecule is COc1cccc(OC)c1C(=O)NC(=S)Nc1cc(C)c(O)c(-c2nc3ccccc3o2)c1. The lowest BCUT2D eigenvalue weighted by atomic mass is 10.1. The molecule has 0 unspecified atom stereocenters. The zero-order valence-corrected chi connectivity index (χ0v) is 18.9. The van der Waals surface area contributed by atoms with Crippen LogP contribution >= 0.6 is 12.2 Å². The topological polar surface area (TPSA) is 106 Å². The molecule has 1 heterocycles. The van der Waals surface area contributed by atoms with Crippen molar-refractivity contribution >= 4 is 40.0 Å². The Balaban J connectivity index is 1.58. The van der Waals surface area contributed by atoms with E-state index in [1.807, 2.05) is 18.2 Å². The van der Waals surface area contributed by atoms with E-state index in [-0.39, 0.29) is 22.3 Å². The van der Waals surface area contributed by atoms with Crippen LogP contribution in [0, 0.1) is 6.92 Å². The average Bonchev–Trinajstić information content (AvgIpc) is 3.24. The molecular weight excluding hydrogens is 442 g/mol. The van der Waals surface area contributed by atoms with Crippen LogP contribution in [0.25, 0.3) is 22.6 Å². The van der Waals surface area contributed by atoms with E-state index >= 15 is 0 Å². The van der Waals surface area contributed by atoms with E-state index in [2.05, 4.69) is 15.6 Å². The Morgan fingerprint density at radius 3 is 2.42 bits per heavy atom. The number of carbonyl (C=O) groups excluding carboxylic acids is 1. The molecule has 0 radical (unpaired) electrons. The standard InChI is InChI=1S/C24H21N3O5S/c1-13-11-14(12-15(21(13)28)23-26-16-7-4-5-8-17(16)32-23)25-24(33)27-22(29)20-18(30-2)9-6-10-19(20)31-3/h4-12,28H,1-3H3,(H2,25,27,29,33). The molecule has 3 N–H and O–H groups in total. The summed E-state index contributed by atoms with van der Waals surface area (Å²) in [5.74, 6) is 0.535. The predicted molar refractivity (Wildman–Crippen MR) is 129 cm³/mol. The van der Waals surface area contributed by atoms with E-state index in [1.165, 1.54) is 14.2 Å². The number of fused-ring (bicyclic) bond motifs is 1. The van der Waals surface area contributed by atoms with Crippen LogP contribution in [-0.2, 0) is 0 Å². The molecule has 33 heavy (non-hydrogen) atoms. The first-order valence-corrected chi connectivity index (χ1v) is 10.3. The Morgan fingerprint density at radius 2 is 1.76 bits per heavy atom. The van der Waals surface area contributed by atoms with Crippen LogP contribution in [-0.4, -0.2) is 35.3 Å². The average molecular weight is 464 g/mol. The first kappa shape index (κ1) is 22.1. The third-order valence-corrected chi connectivity index (χ3v) is 5.17. The van der Waals surface area contributed by atoms with Crippen LogP contribution in [0.15, 0.2) is 59.0 Å². The highest BCUT2D eigenvalue weighted by atomic mass is 32.1. The fourth-order valence-electron chi connectivity index (χ4n) is 3.41. The lowest BCUT2D eigenvalue weighted by molar-refractivity contribution is 0.0971. The summed E-state index contributed by atoms with van der Waals surface area (Å²) in [4.78, 5) is 17.3. The fourth-order valence-corrected chi connectivity index (χ4v) is 3.62. The molecule has 0 aliphatic heterocycles. The molecule has 0 atom stereocenters. The van der Waals surface area contributed by atoms with Gasteiger partial charge < -0.3 is 24.3 Å². The Kier molecular flexibility index (Phi) is 6.14. The van der Waals surface area contributed by atoms with E-state index in [1.54, 1.807) is 43.3 Å². The molecule has 1 amide bonds. The van der Waals surface area contributed by atoms with Crippen molar-refractivity contribution < 1.29 is 23.8 Å². The van der Waals surface area contributed by atoms with Gasteiger partial charge in [-0.05, 0) is 61.1 Å². The van der Waals surface area contributed by atoms with E-state index in [0.717, 1.165) is 0 Å². The Bertz CT molecular complexity index is 1310. The minimum absolute atomic E-state index is 0.0424. The number of benzene rings is 3. The highest BCUT2D eigenvalue weighted by Gasteiger charge is 2.20. The van der Waals surface area contributed by atoms with Crippen molar-refractivity contribution in [2.75, 3.05) is 19.5 Å². The van der Waals surface area contributed by atoms with Gasteiger partial charge in [0.25, 0.3) is 5.91 Å². The van der Waals surface area contributed by atoms with Crippen molar-refractivity contribution in [3.05, 3.63) is 65.7 Å². The van der Waals surface area contributed by atoms with Crippen molar-refractivity contribution in [2.45, 2.75) is 6.92 Å². The fraction of sp³-hybridized carbons (Fsp3) is 0.125. The molecule has 168 valence electrons. The Labute approximate surface area is 195 Å². The van der Waals surface area contributed by atoms with Crippen molar-refractivity contribution in [1.82, 2.24) is 10.3 Å². The molecule has 3 aromatic carbocycles. The number of para-hydroxylation sites is 2. The zero-order chi connectivity index (χ0) is 23.5. The molecule has 0 saturated heterocycles. The lowest BCUT2D eigenvalue weighted by Crippen LogP contribution is -2.34. The van der Waals surface area contributed by atoms with Crippen molar-refractivity contribution in [3.63, 3.8) is 0 Å². The number of phenols is 1. The largest absolute Gasteiger partial charge is 0.507 e. The molecule has 1 aromatic heterocycles. The summed E-state index contributed by atoms with van der Waals surface area (Å²) in [5.41, 5.74) is 3.03. The van der Waals surface area contributed by atoms with Gasteiger partial charge in [0.15, 0.2) is 10.7 Å². The summed E-state index contributed by atoms with van der Waals surface area (Å²) in [5, 5.41) is 16.2. The normalized spacial score (nSPS) is 10.6. The van der Waals surface area contributed by atoms with Gasteiger partial charge in [-0.2, -0.15) is 0 Å². The van der Waals surface area contributed by atoms with Crippen LogP contribution in [0.5, 0.6) is 17.2 Å². The van der Waals surface area contributed by atoms with E-state index < -0.39 is 5.91 Å². The number of thiocarbonyl (C=S) groups is 1. The number of oxazole rings is 1. The number of aromatic nitrogens is 1. The number of amides is 1. The van der Waals surface area contributed by atoms with Gasteiger partial charge in [-0.15, -0.1) is 0 Å². The van der Waals surface area contributed by atoms with Crippen LogP contribution in [0.3, 0.4) is 0 Å². The lowest BCUT2D eigenvalue weighted by Gasteiger charge is -2.15. The molecule has 0 fully saturated rings. The van der Waals surface area contributed by atoms with Gasteiger partial charge in [0.2, 0.25) is 5.89 Å². The highest BCUT2D eigenvalue weighted by Crippen LogP contribution is 2.36. The van der Waals surface area contributed by atoms with Gasteiger partial charge in [0.1, 0.15) is 28.3 Å². The second-order valence-corrected chi connectivity index (χ2v) is 7.53. The molecule has 0 aliphatic carbocycles. The summed E-state index contributed by atoms with van der Waals surface area (Å²) >= 11 is 5.33. The van der Waals surface area contributed by atoms with Gasteiger partial charge >= 0.3 is 0 Å². The maximum atomic E-state index is 12.9. The van der Waals surface area contributed by atoms with Gasteiger partial charge in [-0.25, -0.2) is 4.98 Å². The smallest absolute Gasteiger partial charge is 0.264 e. The van der Waals surface area contributed by atoms with E-state index in [9.17, 15) is 9.90 Å². The first-order valence-electron chi connectivity index (χ1n) is 9.94. The number of methoxy groups -OCH3 is 2. The van der Waals surface area contributed by atoms with Crippen LogP contribution < -0.4 is 20.1 Å². The molecule has 0 aliphatic rings. The first-order chi connectivity index (χ1) is 15.9. The number of carbonyl (C=O) groups is 1. The number of nitrogens with one attached hydrogen (secondary N) is 2. The molecule has 0 saturated carbocycles.